The van der Waals surface area contributed by atoms with Crippen molar-refractivity contribution >= 4 is 17.6 Å². The Hall–Kier alpha value is -2.31. The topological polar surface area (TPSA) is 79.0 Å². The van der Waals surface area contributed by atoms with Crippen molar-refractivity contribution in [2.24, 2.45) is 16.6 Å². The Bertz CT molecular complexity index is 934. The summed E-state index contributed by atoms with van der Waals surface area (Å²) in [5.74, 6) is 0.860. The van der Waals surface area contributed by atoms with E-state index in [1.165, 1.54) is 0 Å². The molecule has 5 rings (SSSR count). The number of nitrogens with zero attached hydrogens (tertiary/aromatic N) is 2. The number of rotatable bonds is 1. The normalized spacial score (nSPS) is 31.5. The highest BCUT2D eigenvalue weighted by Crippen LogP contribution is 2.52. The van der Waals surface area contributed by atoms with Crippen molar-refractivity contribution in [3.8, 4) is 16.9 Å². The van der Waals surface area contributed by atoms with Gasteiger partial charge in [0.15, 0.2) is 0 Å². The SMILES string of the molecule is C[C@@H]1OCCC2Oc3ccc(-c4cncc(Cl)c4)cc3[C@@]3(COC(N)=N3)[C@H]21. The van der Waals surface area contributed by atoms with Gasteiger partial charge in [-0.3, -0.25) is 4.98 Å². The molecule has 2 aromatic rings. The lowest BCUT2D eigenvalue weighted by Gasteiger charge is -2.48. The van der Waals surface area contributed by atoms with Crippen LogP contribution in [0.4, 0.5) is 0 Å². The number of pyridine rings is 1. The lowest BCUT2D eigenvalue weighted by atomic mass is 9.69. The molecule has 1 unspecified atom stereocenters. The lowest BCUT2D eigenvalue weighted by Crippen LogP contribution is -2.56. The minimum atomic E-state index is -0.607. The molecule has 1 aromatic heterocycles. The molecular weight excluding hydrogens is 366 g/mol. The maximum absolute atomic E-state index is 6.36. The van der Waals surface area contributed by atoms with E-state index >= 15 is 0 Å². The fourth-order valence-electron chi connectivity index (χ4n) is 4.60. The second-order valence-corrected chi connectivity index (χ2v) is 7.75. The third-order valence-corrected chi connectivity index (χ3v) is 5.96. The molecule has 3 aliphatic heterocycles. The van der Waals surface area contributed by atoms with E-state index in [-0.39, 0.29) is 24.1 Å². The Morgan fingerprint density at radius 1 is 1.22 bits per heavy atom. The summed E-state index contributed by atoms with van der Waals surface area (Å²) in [5.41, 5.74) is 8.25. The third-order valence-electron chi connectivity index (χ3n) is 5.75. The molecule has 0 aliphatic carbocycles. The Labute approximate surface area is 162 Å². The van der Waals surface area contributed by atoms with Crippen LogP contribution >= 0.6 is 11.6 Å². The number of hydrogen-bond acceptors (Lipinski definition) is 6. The number of aliphatic imine (C=N–C) groups is 1. The van der Waals surface area contributed by atoms with Gasteiger partial charge in [-0.2, -0.15) is 0 Å². The number of aromatic nitrogens is 1. The van der Waals surface area contributed by atoms with Gasteiger partial charge in [0.1, 0.15) is 24.0 Å². The first-order valence-corrected chi connectivity index (χ1v) is 9.46. The Morgan fingerprint density at radius 2 is 2.11 bits per heavy atom. The van der Waals surface area contributed by atoms with Crippen molar-refractivity contribution in [3.05, 3.63) is 47.2 Å². The van der Waals surface area contributed by atoms with Crippen LogP contribution in [-0.2, 0) is 15.0 Å². The number of benzene rings is 1. The van der Waals surface area contributed by atoms with Gasteiger partial charge in [-0.1, -0.05) is 17.7 Å². The maximum atomic E-state index is 6.36. The molecule has 1 saturated heterocycles. The van der Waals surface area contributed by atoms with Gasteiger partial charge in [-0.15, -0.1) is 0 Å². The number of halogens is 1. The number of amidine groups is 1. The summed E-state index contributed by atoms with van der Waals surface area (Å²) in [7, 11) is 0. The molecule has 1 aromatic carbocycles. The maximum Gasteiger partial charge on any atom is 0.283 e. The summed E-state index contributed by atoms with van der Waals surface area (Å²) in [6.07, 6.45) is 4.26. The van der Waals surface area contributed by atoms with Gasteiger partial charge in [-0.05, 0) is 30.7 Å². The van der Waals surface area contributed by atoms with Crippen LogP contribution in [0.1, 0.15) is 18.9 Å². The fraction of sp³-hybridized carbons (Fsp3) is 0.400. The second kappa shape index (κ2) is 6.11. The van der Waals surface area contributed by atoms with Crippen LogP contribution < -0.4 is 10.5 Å². The van der Waals surface area contributed by atoms with Gasteiger partial charge in [-0.25, -0.2) is 4.99 Å². The van der Waals surface area contributed by atoms with Gasteiger partial charge >= 0.3 is 0 Å². The smallest absolute Gasteiger partial charge is 0.283 e. The first-order valence-electron chi connectivity index (χ1n) is 9.09. The molecule has 4 heterocycles. The molecule has 0 saturated carbocycles. The highest BCUT2D eigenvalue weighted by Gasteiger charge is 2.57. The number of ether oxygens (including phenoxy) is 3. The van der Waals surface area contributed by atoms with Crippen LogP contribution in [0.25, 0.3) is 11.1 Å². The predicted molar refractivity (Wildman–Crippen MR) is 102 cm³/mol. The molecule has 1 spiro atoms. The minimum Gasteiger partial charge on any atom is -0.489 e. The lowest BCUT2D eigenvalue weighted by molar-refractivity contribution is -0.116. The molecular formula is C20H20ClN3O3. The van der Waals surface area contributed by atoms with E-state index in [0.717, 1.165) is 28.9 Å². The molecule has 0 radical (unpaired) electrons. The number of fused-ring (bicyclic) bond motifs is 4. The van der Waals surface area contributed by atoms with Gasteiger partial charge in [0, 0.05) is 29.9 Å². The van der Waals surface area contributed by atoms with E-state index in [1.807, 2.05) is 18.2 Å². The molecule has 0 amide bonds. The van der Waals surface area contributed by atoms with Crippen molar-refractivity contribution in [3.63, 3.8) is 0 Å². The minimum absolute atomic E-state index is 0.00774. The van der Waals surface area contributed by atoms with E-state index in [0.29, 0.717) is 18.2 Å². The summed E-state index contributed by atoms with van der Waals surface area (Å²) in [6.45, 7) is 3.14. The van der Waals surface area contributed by atoms with Crippen LogP contribution in [0.15, 0.2) is 41.7 Å². The van der Waals surface area contributed by atoms with Crippen molar-refractivity contribution in [1.82, 2.24) is 4.98 Å². The van der Waals surface area contributed by atoms with Gasteiger partial charge in [0.05, 0.1) is 23.7 Å². The predicted octanol–water partition coefficient (Wildman–Crippen LogP) is 3.13. The number of hydrogen-bond donors (Lipinski definition) is 1. The summed E-state index contributed by atoms with van der Waals surface area (Å²) in [4.78, 5) is 8.97. The largest absolute Gasteiger partial charge is 0.489 e. The Kier molecular flexibility index (Phi) is 3.81. The van der Waals surface area contributed by atoms with Crippen molar-refractivity contribution in [2.45, 2.75) is 31.1 Å². The zero-order chi connectivity index (χ0) is 18.6. The van der Waals surface area contributed by atoms with E-state index in [4.69, 9.17) is 36.5 Å². The van der Waals surface area contributed by atoms with Crippen molar-refractivity contribution < 1.29 is 14.2 Å². The van der Waals surface area contributed by atoms with E-state index in [1.54, 1.807) is 12.4 Å². The fourth-order valence-corrected chi connectivity index (χ4v) is 4.77. The van der Waals surface area contributed by atoms with Crippen LogP contribution in [0.5, 0.6) is 5.75 Å². The average Bonchev–Trinajstić information content (AvgIpc) is 3.04. The quantitative estimate of drug-likeness (QED) is 0.815. The number of nitrogens with two attached hydrogens (primary N) is 1. The van der Waals surface area contributed by atoms with Crippen LogP contribution in [-0.4, -0.2) is 36.4 Å². The molecule has 27 heavy (non-hydrogen) atoms. The molecule has 7 heteroatoms. The summed E-state index contributed by atoms with van der Waals surface area (Å²) < 4.78 is 17.9. The third kappa shape index (κ3) is 2.58. The van der Waals surface area contributed by atoms with Crippen molar-refractivity contribution in [1.29, 1.82) is 0 Å². The zero-order valence-corrected chi connectivity index (χ0v) is 15.6. The first-order chi connectivity index (χ1) is 13.1. The van der Waals surface area contributed by atoms with Gasteiger partial charge in [0.2, 0.25) is 0 Å². The zero-order valence-electron chi connectivity index (χ0n) is 14.9. The van der Waals surface area contributed by atoms with E-state index in [2.05, 4.69) is 18.0 Å². The van der Waals surface area contributed by atoms with Crippen LogP contribution in [0.2, 0.25) is 5.02 Å². The average molecular weight is 386 g/mol. The Balaban J connectivity index is 1.69. The summed E-state index contributed by atoms with van der Waals surface area (Å²) >= 11 is 6.13. The molecule has 6 nitrogen and oxygen atoms in total. The molecule has 140 valence electrons. The highest BCUT2D eigenvalue weighted by molar-refractivity contribution is 6.30. The molecule has 3 aliphatic rings. The molecule has 1 fully saturated rings. The van der Waals surface area contributed by atoms with Gasteiger partial charge in [0.25, 0.3) is 6.02 Å². The highest BCUT2D eigenvalue weighted by atomic mass is 35.5. The van der Waals surface area contributed by atoms with Crippen LogP contribution in [0, 0.1) is 5.92 Å². The summed E-state index contributed by atoms with van der Waals surface area (Å²) in [6, 6.07) is 8.21. The van der Waals surface area contributed by atoms with Crippen molar-refractivity contribution in [2.75, 3.05) is 13.2 Å². The summed E-state index contributed by atoms with van der Waals surface area (Å²) in [5, 5.41) is 0.594. The molecule has 2 N–H and O–H groups in total. The van der Waals surface area contributed by atoms with E-state index in [9.17, 15) is 0 Å². The van der Waals surface area contributed by atoms with Crippen LogP contribution in [0.3, 0.4) is 0 Å². The molecule has 0 bridgehead atoms. The van der Waals surface area contributed by atoms with E-state index < -0.39 is 5.54 Å². The second-order valence-electron chi connectivity index (χ2n) is 7.31. The Morgan fingerprint density at radius 3 is 2.89 bits per heavy atom. The monoisotopic (exact) mass is 385 g/mol. The first kappa shape index (κ1) is 16.8. The van der Waals surface area contributed by atoms with Gasteiger partial charge < -0.3 is 19.9 Å². The molecule has 4 atom stereocenters. The standard InChI is InChI=1S/C20H20ClN3O3/c1-11-18-17(4-5-25-11)27-16-3-2-12(13-6-14(21)9-23-8-13)7-15(16)20(18)10-26-19(22)24-20/h2-3,6-9,11,17-18H,4-5,10H2,1H3,(H2,22,24)/t11-,17?,18-,20-/m0/s1.